The first-order valence-corrected chi connectivity index (χ1v) is 7.82. The molecular weight excluding hydrogens is 268 g/mol. The molecule has 0 aliphatic rings. The zero-order valence-electron chi connectivity index (χ0n) is 13.6. The van der Waals surface area contributed by atoms with Gasteiger partial charge in [-0.1, -0.05) is 92.6 Å². The molecule has 0 spiro atoms. The molecule has 0 heterocycles. The molecule has 0 saturated heterocycles. The van der Waals surface area contributed by atoms with Gasteiger partial charge in [-0.3, -0.25) is 0 Å². The van der Waals surface area contributed by atoms with E-state index in [4.69, 9.17) is 4.74 Å². The first-order chi connectivity index (χ1) is 10.9. The Balaban J connectivity index is 0.000000224. The number of allylic oxidation sites excluding steroid dienone is 1. The van der Waals surface area contributed by atoms with E-state index in [0.29, 0.717) is 0 Å². The molecule has 0 aromatic heterocycles. The van der Waals surface area contributed by atoms with Gasteiger partial charge in [-0.25, -0.2) is 0 Å². The number of rotatable bonds is 6. The number of benzene rings is 2. The van der Waals surface area contributed by atoms with E-state index < -0.39 is 0 Å². The van der Waals surface area contributed by atoms with Gasteiger partial charge in [0.15, 0.2) is 0 Å². The van der Waals surface area contributed by atoms with Crippen molar-refractivity contribution in [3.8, 4) is 0 Å². The van der Waals surface area contributed by atoms with Gasteiger partial charge in [-0.2, -0.15) is 0 Å². The summed E-state index contributed by atoms with van der Waals surface area (Å²) in [5.74, 6) is 0. The lowest BCUT2D eigenvalue weighted by molar-refractivity contribution is 0.341. The fraction of sp³-hybridized carbons (Fsp3) is 0.238. The fourth-order valence-corrected chi connectivity index (χ4v) is 1.82. The molecule has 1 heteroatoms. The summed E-state index contributed by atoms with van der Waals surface area (Å²) in [6, 6.07) is 20.5. The van der Waals surface area contributed by atoms with Crippen molar-refractivity contribution in [3.63, 3.8) is 0 Å². The highest BCUT2D eigenvalue weighted by molar-refractivity contribution is 5.48. The van der Waals surface area contributed by atoms with E-state index in [9.17, 15) is 0 Å². The van der Waals surface area contributed by atoms with Gasteiger partial charge in [-0.05, 0) is 23.6 Å². The molecule has 0 aliphatic carbocycles. The minimum Gasteiger partial charge on any atom is -0.504 e. The molecular formula is C21H26O. The second-order valence-electron chi connectivity index (χ2n) is 4.90. The molecule has 116 valence electrons. The lowest BCUT2D eigenvalue weighted by atomic mass is 10.2. The third-order valence-corrected chi connectivity index (χ3v) is 3.03. The molecule has 2 rings (SSSR count). The second-order valence-corrected chi connectivity index (χ2v) is 4.90. The minimum atomic E-state index is 1.16. The summed E-state index contributed by atoms with van der Waals surface area (Å²) in [6.45, 7) is 2.22. The summed E-state index contributed by atoms with van der Waals surface area (Å²) in [5, 5.41) is 0. The molecule has 0 atom stereocenters. The lowest BCUT2D eigenvalue weighted by Crippen LogP contribution is -1.69. The molecule has 0 N–H and O–H groups in total. The molecule has 0 fully saturated rings. The van der Waals surface area contributed by atoms with E-state index in [1.165, 1.54) is 24.8 Å². The molecule has 0 amide bonds. The molecule has 0 aliphatic heterocycles. The average molecular weight is 294 g/mol. The maximum Gasteiger partial charge on any atom is 0.0830 e. The van der Waals surface area contributed by atoms with Gasteiger partial charge in [0, 0.05) is 0 Å². The summed E-state index contributed by atoms with van der Waals surface area (Å²) in [4.78, 5) is 0. The van der Waals surface area contributed by atoms with Gasteiger partial charge < -0.3 is 4.74 Å². The quantitative estimate of drug-likeness (QED) is 0.455. The Kier molecular flexibility index (Phi) is 10.1. The largest absolute Gasteiger partial charge is 0.504 e. The van der Waals surface area contributed by atoms with E-state index in [-0.39, 0.29) is 0 Å². The van der Waals surface area contributed by atoms with Gasteiger partial charge in [-0.15, -0.1) is 0 Å². The molecule has 0 radical (unpaired) electrons. The summed E-state index contributed by atoms with van der Waals surface area (Å²) >= 11 is 0. The van der Waals surface area contributed by atoms with Crippen LogP contribution in [0, 0.1) is 0 Å². The standard InChI is InChI=1S/C12H16.C9H10O/c1-2-3-4-6-9-12-10-7-5-8-11-12;1-10-8-7-9-5-3-2-4-6-9/h5-11H,2-4H2,1H3;2-8H,1H3. The Morgan fingerprint density at radius 1 is 0.818 bits per heavy atom. The molecule has 22 heavy (non-hydrogen) atoms. The highest BCUT2D eigenvalue weighted by Crippen LogP contribution is 2.03. The van der Waals surface area contributed by atoms with E-state index in [2.05, 4.69) is 43.3 Å². The van der Waals surface area contributed by atoms with E-state index >= 15 is 0 Å². The number of unbranched alkanes of at least 4 members (excludes halogenated alkanes) is 2. The monoisotopic (exact) mass is 294 g/mol. The zero-order valence-corrected chi connectivity index (χ0v) is 13.6. The maximum absolute atomic E-state index is 4.77. The fourth-order valence-electron chi connectivity index (χ4n) is 1.82. The Morgan fingerprint density at radius 3 is 1.86 bits per heavy atom. The van der Waals surface area contributed by atoms with Crippen molar-refractivity contribution in [1.82, 2.24) is 0 Å². The van der Waals surface area contributed by atoms with Gasteiger partial charge in [0.25, 0.3) is 0 Å². The Hall–Kier alpha value is -2.28. The van der Waals surface area contributed by atoms with E-state index in [1.54, 1.807) is 13.4 Å². The van der Waals surface area contributed by atoms with Crippen molar-refractivity contribution >= 4 is 12.2 Å². The lowest BCUT2D eigenvalue weighted by Gasteiger charge is -1.91. The van der Waals surface area contributed by atoms with Crippen LogP contribution in [-0.4, -0.2) is 7.11 Å². The number of methoxy groups -OCH3 is 1. The van der Waals surface area contributed by atoms with Crippen molar-refractivity contribution < 1.29 is 4.74 Å². The number of hydrogen-bond acceptors (Lipinski definition) is 1. The highest BCUT2D eigenvalue weighted by atomic mass is 16.5. The van der Waals surface area contributed by atoms with Crippen molar-refractivity contribution in [1.29, 1.82) is 0 Å². The third-order valence-electron chi connectivity index (χ3n) is 3.03. The Morgan fingerprint density at radius 2 is 1.36 bits per heavy atom. The van der Waals surface area contributed by atoms with E-state index in [0.717, 1.165) is 5.56 Å². The Bertz CT molecular complexity index is 526. The number of ether oxygens (including phenoxy) is 1. The van der Waals surface area contributed by atoms with Crippen LogP contribution in [0.1, 0.15) is 37.3 Å². The van der Waals surface area contributed by atoms with Crippen LogP contribution in [0.5, 0.6) is 0 Å². The van der Waals surface area contributed by atoms with Crippen LogP contribution in [0.25, 0.3) is 12.2 Å². The van der Waals surface area contributed by atoms with Gasteiger partial charge in [0.05, 0.1) is 13.4 Å². The highest BCUT2D eigenvalue weighted by Gasteiger charge is 1.82. The predicted molar refractivity (Wildman–Crippen MR) is 97.5 cm³/mol. The second kappa shape index (κ2) is 12.5. The Labute approximate surface area is 135 Å². The van der Waals surface area contributed by atoms with Crippen LogP contribution < -0.4 is 0 Å². The van der Waals surface area contributed by atoms with Crippen LogP contribution in [0.15, 0.2) is 73.0 Å². The van der Waals surface area contributed by atoms with Crippen molar-refractivity contribution in [3.05, 3.63) is 84.1 Å². The molecule has 2 aromatic rings. The molecule has 0 saturated carbocycles. The number of hydrogen-bond donors (Lipinski definition) is 0. The first kappa shape index (κ1) is 17.8. The zero-order chi connectivity index (χ0) is 15.9. The smallest absolute Gasteiger partial charge is 0.0830 e. The molecule has 0 unspecified atom stereocenters. The molecule has 1 nitrogen and oxygen atoms in total. The summed E-state index contributed by atoms with van der Waals surface area (Å²) in [6.07, 6.45) is 11.8. The normalized spacial score (nSPS) is 10.5. The predicted octanol–water partition coefficient (Wildman–Crippen LogP) is 6.19. The average Bonchev–Trinajstić information content (AvgIpc) is 2.59. The molecule has 0 bridgehead atoms. The summed E-state index contributed by atoms with van der Waals surface area (Å²) in [5.41, 5.74) is 2.46. The van der Waals surface area contributed by atoms with Crippen LogP contribution in [-0.2, 0) is 4.74 Å². The van der Waals surface area contributed by atoms with Gasteiger partial charge in [0.2, 0.25) is 0 Å². The van der Waals surface area contributed by atoms with Crippen molar-refractivity contribution in [2.24, 2.45) is 0 Å². The van der Waals surface area contributed by atoms with Crippen LogP contribution in [0.2, 0.25) is 0 Å². The third kappa shape index (κ3) is 8.80. The van der Waals surface area contributed by atoms with Crippen molar-refractivity contribution in [2.45, 2.75) is 26.2 Å². The van der Waals surface area contributed by atoms with Crippen LogP contribution >= 0.6 is 0 Å². The topological polar surface area (TPSA) is 9.23 Å². The summed E-state index contributed by atoms with van der Waals surface area (Å²) < 4.78 is 4.77. The first-order valence-electron chi connectivity index (χ1n) is 7.82. The minimum absolute atomic E-state index is 1.16. The van der Waals surface area contributed by atoms with Crippen LogP contribution in [0.4, 0.5) is 0 Å². The van der Waals surface area contributed by atoms with E-state index in [1.807, 2.05) is 42.5 Å². The molecule has 2 aromatic carbocycles. The SMILES string of the molecule is CCCCC=Cc1ccccc1.COC=Cc1ccccc1. The van der Waals surface area contributed by atoms with Crippen LogP contribution in [0.3, 0.4) is 0 Å². The van der Waals surface area contributed by atoms with Crippen molar-refractivity contribution in [2.75, 3.05) is 7.11 Å². The summed E-state index contributed by atoms with van der Waals surface area (Å²) in [7, 11) is 1.64. The maximum atomic E-state index is 4.77. The van der Waals surface area contributed by atoms with Gasteiger partial charge >= 0.3 is 0 Å². The van der Waals surface area contributed by atoms with Gasteiger partial charge in [0.1, 0.15) is 0 Å².